The maximum atomic E-state index is 12.1. The molecule has 0 spiro atoms. The van der Waals surface area contributed by atoms with Crippen LogP contribution in [-0.4, -0.2) is 24.2 Å². The lowest BCUT2D eigenvalue weighted by molar-refractivity contribution is -0.134. The van der Waals surface area contributed by atoms with E-state index in [9.17, 15) is 9.59 Å². The molecule has 112 valence electrons. The fourth-order valence-electron chi connectivity index (χ4n) is 2.15. The number of esters is 1. The van der Waals surface area contributed by atoms with Crippen LogP contribution < -0.4 is 9.64 Å². The molecule has 0 fully saturated rings. The number of hydrogen-bond donors (Lipinski definition) is 0. The van der Waals surface area contributed by atoms with Crippen molar-refractivity contribution in [2.75, 3.05) is 17.2 Å². The van der Waals surface area contributed by atoms with Gasteiger partial charge in [-0.2, -0.15) is 0 Å². The molecule has 0 aliphatic carbocycles. The molecule has 0 radical (unpaired) electrons. The van der Waals surface area contributed by atoms with Crippen LogP contribution in [0.4, 0.5) is 5.69 Å². The predicted octanol–water partition coefficient (Wildman–Crippen LogP) is 3.34. The first-order valence-corrected chi connectivity index (χ1v) is 8.68. The number of anilines is 1. The topological polar surface area (TPSA) is 46.6 Å². The Kier molecular flexibility index (Phi) is 4.68. The fraction of sp³-hybridized carbons (Fsp3) is 0.125. The molecule has 3 rings (SSSR count). The van der Waals surface area contributed by atoms with Gasteiger partial charge in [-0.3, -0.25) is 9.69 Å². The summed E-state index contributed by atoms with van der Waals surface area (Å²) in [5.74, 6) is 0.303. The zero-order valence-corrected chi connectivity index (χ0v) is 14.5. The van der Waals surface area contributed by atoms with Gasteiger partial charge in [-0.05, 0) is 52.9 Å². The van der Waals surface area contributed by atoms with E-state index in [1.807, 2.05) is 36.4 Å². The van der Waals surface area contributed by atoms with E-state index in [0.29, 0.717) is 11.5 Å². The summed E-state index contributed by atoms with van der Waals surface area (Å²) in [5.41, 5.74) is 0.767. The number of nitrogens with zero attached hydrogens (tertiary/aromatic N) is 1. The van der Waals surface area contributed by atoms with E-state index >= 15 is 0 Å². The zero-order chi connectivity index (χ0) is 15.5. The Morgan fingerprint density at radius 2 is 2.05 bits per heavy atom. The highest BCUT2D eigenvalue weighted by Gasteiger charge is 2.26. The Morgan fingerprint density at radius 3 is 2.86 bits per heavy atom. The molecule has 1 aliphatic rings. The van der Waals surface area contributed by atoms with E-state index in [1.165, 1.54) is 16.7 Å². The van der Waals surface area contributed by atoms with Gasteiger partial charge in [0.25, 0.3) is 0 Å². The number of amides is 1. The van der Waals surface area contributed by atoms with Gasteiger partial charge in [-0.25, -0.2) is 4.79 Å². The highest BCUT2D eigenvalue weighted by atomic mass is 127. The first kappa shape index (κ1) is 15.4. The highest BCUT2D eigenvalue weighted by molar-refractivity contribution is 14.1. The summed E-state index contributed by atoms with van der Waals surface area (Å²) in [7, 11) is 0. The smallest absolute Gasteiger partial charge is 0.331 e. The molecule has 1 amide bonds. The molecule has 0 saturated heterocycles. The van der Waals surface area contributed by atoms with Crippen LogP contribution in [0.25, 0.3) is 0 Å². The summed E-state index contributed by atoms with van der Waals surface area (Å²) >= 11 is 3.64. The molecule has 0 unspecified atom stereocenters. The van der Waals surface area contributed by atoms with E-state index in [-0.39, 0.29) is 12.5 Å². The van der Waals surface area contributed by atoms with Crippen molar-refractivity contribution < 1.29 is 14.3 Å². The molecule has 2 aromatic rings. The second-order valence-corrected chi connectivity index (χ2v) is 6.93. The molecule has 4 nitrogen and oxygen atoms in total. The Hall–Kier alpha value is -1.54. The minimum atomic E-state index is -0.447. The van der Waals surface area contributed by atoms with Gasteiger partial charge in [-0.1, -0.05) is 18.2 Å². The second-order valence-electron chi connectivity index (χ2n) is 4.67. The van der Waals surface area contributed by atoms with Gasteiger partial charge in [0.2, 0.25) is 5.91 Å². The van der Waals surface area contributed by atoms with Gasteiger partial charge in [0.15, 0.2) is 0 Å². The van der Waals surface area contributed by atoms with Gasteiger partial charge in [-0.15, -0.1) is 11.8 Å². The molecule has 1 aliphatic heterocycles. The lowest BCUT2D eigenvalue weighted by Crippen LogP contribution is -2.40. The third-order valence-corrected chi connectivity index (χ3v) is 4.84. The Labute approximate surface area is 146 Å². The van der Waals surface area contributed by atoms with Crippen molar-refractivity contribution in [1.29, 1.82) is 0 Å². The summed E-state index contributed by atoms with van der Waals surface area (Å²) in [6.07, 6.45) is 0. The number of halogens is 1. The van der Waals surface area contributed by atoms with E-state index in [1.54, 1.807) is 12.1 Å². The van der Waals surface area contributed by atoms with Crippen molar-refractivity contribution in [3.05, 3.63) is 52.1 Å². The largest absolute Gasteiger partial charge is 0.425 e. The van der Waals surface area contributed by atoms with E-state index in [2.05, 4.69) is 22.6 Å². The number of hydrogen-bond acceptors (Lipinski definition) is 4. The average Bonchev–Trinajstić information content (AvgIpc) is 2.50. The van der Waals surface area contributed by atoms with Crippen LogP contribution >= 0.6 is 34.4 Å². The SMILES string of the molecule is O=C(CN1C(=O)CSc2ccccc21)Oc1cccc(I)c1. The summed E-state index contributed by atoms with van der Waals surface area (Å²) in [5, 5.41) is 0. The predicted molar refractivity (Wildman–Crippen MR) is 94.3 cm³/mol. The fourth-order valence-corrected chi connectivity index (χ4v) is 3.60. The summed E-state index contributed by atoms with van der Waals surface area (Å²) in [4.78, 5) is 26.7. The van der Waals surface area contributed by atoms with Crippen molar-refractivity contribution in [1.82, 2.24) is 0 Å². The second kappa shape index (κ2) is 6.70. The lowest BCUT2D eigenvalue weighted by Gasteiger charge is -2.27. The third kappa shape index (κ3) is 3.44. The standard InChI is InChI=1S/C16H12INO3S/c17-11-4-3-5-12(8-11)21-16(20)9-18-13-6-1-2-7-14(13)22-10-15(18)19/h1-8H,9-10H2. The molecular weight excluding hydrogens is 413 g/mol. The first-order valence-electron chi connectivity index (χ1n) is 6.62. The van der Waals surface area contributed by atoms with E-state index in [0.717, 1.165) is 14.2 Å². The molecule has 0 bridgehead atoms. The number of benzene rings is 2. The van der Waals surface area contributed by atoms with Gasteiger partial charge >= 0.3 is 5.97 Å². The van der Waals surface area contributed by atoms with Crippen LogP contribution in [0.1, 0.15) is 0 Å². The molecule has 22 heavy (non-hydrogen) atoms. The maximum Gasteiger partial charge on any atom is 0.331 e. The number of ether oxygens (including phenoxy) is 1. The molecule has 0 aromatic heterocycles. The molecule has 2 aromatic carbocycles. The third-order valence-electron chi connectivity index (χ3n) is 3.12. The molecular formula is C16H12INO3S. The van der Waals surface area contributed by atoms with Crippen molar-refractivity contribution >= 4 is 51.9 Å². The molecule has 0 N–H and O–H groups in total. The minimum absolute atomic E-state index is 0.0803. The van der Waals surface area contributed by atoms with Crippen molar-refractivity contribution in [2.45, 2.75) is 4.90 Å². The minimum Gasteiger partial charge on any atom is -0.425 e. The average molecular weight is 425 g/mol. The van der Waals surface area contributed by atoms with Crippen molar-refractivity contribution in [3.63, 3.8) is 0 Å². The van der Waals surface area contributed by atoms with E-state index in [4.69, 9.17) is 4.74 Å². The van der Waals surface area contributed by atoms with Crippen molar-refractivity contribution in [3.8, 4) is 5.75 Å². The summed E-state index contributed by atoms with van der Waals surface area (Å²) < 4.78 is 6.30. The summed E-state index contributed by atoms with van der Waals surface area (Å²) in [6, 6.07) is 14.8. The zero-order valence-electron chi connectivity index (χ0n) is 11.5. The van der Waals surface area contributed by atoms with Crippen molar-refractivity contribution in [2.24, 2.45) is 0 Å². The van der Waals surface area contributed by atoms with Gasteiger partial charge in [0, 0.05) is 8.47 Å². The van der Waals surface area contributed by atoms with Crippen LogP contribution in [-0.2, 0) is 9.59 Å². The van der Waals surface area contributed by atoms with Crippen LogP contribution in [0, 0.1) is 3.57 Å². The Morgan fingerprint density at radius 1 is 1.23 bits per heavy atom. The number of carbonyl (C=O) groups is 2. The number of fused-ring (bicyclic) bond motifs is 1. The van der Waals surface area contributed by atoms with Crippen LogP contribution in [0.5, 0.6) is 5.75 Å². The maximum absolute atomic E-state index is 12.1. The Balaban J connectivity index is 1.75. The quantitative estimate of drug-likeness (QED) is 0.430. The van der Waals surface area contributed by atoms with Gasteiger partial charge < -0.3 is 4.74 Å². The normalized spacial score (nSPS) is 13.7. The van der Waals surface area contributed by atoms with E-state index < -0.39 is 5.97 Å². The number of para-hydroxylation sites is 1. The number of rotatable bonds is 3. The number of carbonyl (C=O) groups excluding carboxylic acids is 2. The monoisotopic (exact) mass is 425 g/mol. The van der Waals surface area contributed by atoms with Crippen LogP contribution in [0.15, 0.2) is 53.4 Å². The molecule has 6 heteroatoms. The molecule has 0 saturated carbocycles. The number of thioether (sulfide) groups is 1. The molecule has 0 atom stereocenters. The van der Waals surface area contributed by atoms with Gasteiger partial charge in [0.1, 0.15) is 12.3 Å². The van der Waals surface area contributed by atoms with Crippen LogP contribution in [0.2, 0.25) is 0 Å². The highest BCUT2D eigenvalue weighted by Crippen LogP contribution is 2.34. The van der Waals surface area contributed by atoms with Gasteiger partial charge in [0.05, 0.1) is 11.4 Å². The lowest BCUT2D eigenvalue weighted by atomic mass is 10.2. The molecule has 1 heterocycles. The van der Waals surface area contributed by atoms with Crippen LogP contribution in [0.3, 0.4) is 0 Å². The Bertz CT molecular complexity index is 735. The first-order chi connectivity index (χ1) is 10.6. The summed E-state index contributed by atoms with van der Waals surface area (Å²) in [6.45, 7) is -0.0815.